The second-order valence-corrected chi connectivity index (χ2v) is 7.87. The molecule has 5 rings (SSSR count). The van der Waals surface area contributed by atoms with Gasteiger partial charge in [0.15, 0.2) is 0 Å². The van der Waals surface area contributed by atoms with Crippen molar-refractivity contribution < 1.29 is 9.32 Å². The van der Waals surface area contributed by atoms with Crippen molar-refractivity contribution in [3.8, 4) is 5.82 Å². The van der Waals surface area contributed by atoms with Gasteiger partial charge in [-0.3, -0.25) is 14.7 Å². The number of hydrogen-bond donors (Lipinski definition) is 1. The maximum absolute atomic E-state index is 12.7. The lowest BCUT2D eigenvalue weighted by Crippen LogP contribution is -2.38. The van der Waals surface area contributed by atoms with Crippen LogP contribution in [0.4, 0.5) is 11.7 Å². The van der Waals surface area contributed by atoms with E-state index < -0.39 is 0 Å². The number of nitrogens with one attached hydrogen (secondary N) is 1. The van der Waals surface area contributed by atoms with Crippen LogP contribution in [0.25, 0.3) is 5.82 Å². The van der Waals surface area contributed by atoms with Crippen molar-refractivity contribution in [2.45, 2.75) is 24.3 Å². The van der Waals surface area contributed by atoms with Crippen molar-refractivity contribution in [3.63, 3.8) is 0 Å². The van der Waals surface area contributed by atoms with Crippen molar-refractivity contribution in [2.75, 3.05) is 23.3 Å². The number of nitrogens with zero attached hydrogens (tertiary/aromatic N) is 6. The highest BCUT2D eigenvalue weighted by Gasteiger charge is 2.29. The van der Waals surface area contributed by atoms with E-state index in [0.29, 0.717) is 5.88 Å². The Hall–Kier alpha value is -2.88. The summed E-state index contributed by atoms with van der Waals surface area (Å²) in [7, 11) is 0. The minimum atomic E-state index is -0.0407. The fraction of sp³-hybridized carbons (Fsp3) is 0.389. The summed E-state index contributed by atoms with van der Waals surface area (Å²) in [5.74, 6) is 3.83. The first-order valence-electron chi connectivity index (χ1n) is 9.19. The summed E-state index contributed by atoms with van der Waals surface area (Å²) < 4.78 is 7.15. The number of amides is 1. The smallest absolute Gasteiger partial charge is 0.235 e. The SMILES string of the molecule is O=C(Nc1onc2c1CSC2)C1CCN(c2cc(-n3ccnc3)ncn2)CC1. The normalized spacial score (nSPS) is 16.9. The summed E-state index contributed by atoms with van der Waals surface area (Å²) >= 11 is 1.79. The molecule has 5 heterocycles. The van der Waals surface area contributed by atoms with Crippen molar-refractivity contribution in [1.82, 2.24) is 24.7 Å². The first-order valence-corrected chi connectivity index (χ1v) is 10.3. The van der Waals surface area contributed by atoms with Gasteiger partial charge >= 0.3 is 0 Å². The number of carbonyl (C=O) groups excluding carboxylic acids is 1. The molecule has 9 nitrogen and oxygen atoms in total. The number of aromatic nitrogens is 5. The van der Waals surface area contributed by atoms with Gasteiger partial charge in [0.1, 0.15) is 24.3 Å². The van der Waals surface area contributed by atoms with Crippen LogP contribution >= 0.6 is 11.8 Å². The van der Waals surface area contributed by atoms with Gasteiger partial charge in [-0.1, -0.05) is 5.16 Å². The van der Waals surface area contributed by atoms with E-state index >= 15 is 0 Å². The van der Waals surface area contributed by atoms with Crippen molar-refractivity contribution in [1.29, 1.82) is 0 Å². The minimum Gasteiger partial charge on any atom is -0.356 e. The Morgan fingerprint density at radius 1 is 1.21 bits per heavy atom. The van der Waals surface area contributed by atoms with Crippen LogP contribution in [0, 0.1) is 5.92 Å². The zero-order chi connectivity index (χ0) is 18.9. The van der Waals surface area contributed by atoms with Gasteiger partial charge in [0.05, 0.1) is 11.3 Å². The Labute approximate surface area is 165 Å². The molecule has 0 spiro atoms. The summed E-state index contributed by atoms with van der Waals surface area (Å²) in [5, 5.41) is 6.97. The lowest BCUT2D eigenvalue weighted by atomic mass is 9.96. The average molecular weight is 397 g/mol. The average Bonchev–Trinajstić information content (AvgIpc) is 3.48. The Balaban J connectivity index is 1.22. The molecular weight excluding hydrogens is 378 g/mol. The van der Waals surface area contributed by atoms with Crippen LogP contribution in [-0.2, 0) is 16.3 Å². The Bertz CT molecular complexity index is 980. The van der Waals surface area contributed by atoms with Crippen molar-refractivity contribution >= 4 is 29.4 Å². The van der Waals surface area contributed by atoms with Crippen LogP contribution in [0.3, 0.4) is 0 Å². The first-order chi connectivity index (χ1) is 13.8. The maximum atomic E-state index is 12.7. The molecule has 0 radical (unpaired) electrons. The first kappa shape index (κ1) is 17.2. The quantitative estimate of drug-likeness (QED) is 0.715. The Kier molecular flexibility index (Phi) is 4.47. The molecule has 0 bridgehead atoms. The topological polar surface area (TPSA) is 102 Å². The lowest BCUT2D eigenvalue weighted by molar-refractivity contribution is -0.120. The molecule has 1 amide bonds. The third kappa shape index (κ3) is 3.24. The summed E-state index contributed by atoms with van der Waals surface area (Å²) in [6, 6.07) is 1.94. The molecule has 1 N–H and O–H groups in total. The van der Waals surface area contributed by atoms with Crippen LogP contribution < -0.4 is 10.2 Å². The number of piperidine rings is 1. The monoisotopic (exact) mass is 397 g/mol. The van der Waals surface area contributed by atoms with E-state index in [2.05, 4.69) is 30.3 Å². The summed E-state index contributed by atoms with van der Waals surface area (Å²) in [4.78, 5) is 27.6. The number of fused-ring (bicyclic) bond motifs is 1. The molecule has 1 saturated heterocycles. The van der Waals surface area contributed by atoms with Gasteiger partial charge in [0.25, 0.3) is 0 Å². The van der Waals surface area contributed by atoms with E-state index in [1.807, 2.05) is 16.8 Å². The summed E-state index contributed by atoms with van der Waals surface area (Å²) in [6.07, 6.45) is 8.37. The van der Waals surface area contributed by atoms with Gasteiger partial charge in [-0.2, -0.15) is 11.8 Å². The fourth-order valence-corrected chi connectivity index (χ4v) is 4.61. The molecule has 3 aromatic heterocycles. The highest BCUT2D eigenvalue weighted by Crippen LogP contribution is 2.35. The predicted molar refractivity (Wildman–Crippen MR) is 104 cm³/mol. The zero-order valence-electron chi connectivity index (χ0n) is 15.1. The van der Waals surface area contributed by atoms with Gasteiger partial charge in [-0.25, -0.2) is 15.0 Å². The number of thioether (sulfide) groups is 1. The number of carbonyl (C=O) groups is 1. The van der Waals surface area contributed by atoms with Crippen LogP contribution in [0.15, 0.2) is 35.6 Å². The molecule has 10 heteroatoms. The number of rotatable bonds is 4. The summed E-state index contributed by atoms with van der Waals surface area (Å²) in [5.41, 5.74) is 1.98. The molecule has 28 heavy (non-hydrogen) atoms. The van der Waals surface area contributed by atoms with E-state index in [1.165, 1.54) is 0 Å². The predicted octanol–water partition coefficient (Wildman–Crippen LogP) is 2.25. The molecule has 144 valence electrons. The number of hydrogen-bond acceptors (Lipinski definition) is 8. The number of anilines is 2. The highest BCUT2D eigenvalue weighted by atomic mass is 32.2. The van der Waals surface area contributed by atoms with E-state index in [-0.39, 0.29) is 11.8 Å². The molecule has 0 atom stereocenters. The minimum absolute atomic E-state index is 0.0114. The van der Waals surface area contributed by atoms with E-state index in [0.717, 1.165) is 60.3 Å². The van der Waals surface area contributed by atoms with E-state index in [4.69, 9.17) is 4.52 Å². The third-order valence-electron chi connectivity index (χ3n) is 5.19. The molecular formula is C18H19N7O2S. The third-order valence-corrected chi connectivity index (χ3v) is 6.16. The molecule has 0 saturated carbocycles. The van der Waals surface area contributed by atoms with Crippen molar-refractivity contribution in [3.05, 3.63) is 42.4 Å². The van der Waals surface area contributed by atoms with E-state index in [9.17, 15) is 4.79 Å². The number of imidazole rings is 1. The fourth-order valence-electron chi connectivity index (χ4n) is 3.58. The van der Waals surface area contributed by atoms with Crippen LogP contribution in [-0.4, -0.2) is 43.7 Å². The van der Waals surface area contributed by atoms with Gasteiger partial charge in [-0.05, 0) is 12.8 Å². The van der Waals surface area contributed by atoms with Gasteiger partial charge < -0.3 is 9.42 Å². The summed E-state index contributed by atoms with van der Waals surface area (Å²) in [6.45, 7) is 1.53. The Morgan fingerprint density at radius 3 is 2.89 bits per heavy atom. The van der Waals surface area contributed by atoms with Gasteiger partial charge in [0.2, 0.25) is 11.8 Å². The zero-order valence-corrected chi connectivity index (χ0v) is 15.9. The van der Waals surface area contributed by atoms with Crippen LogP contribution in [0.1, 0.15) is 24.1 Å². The van der Waals surface area contributed by atoms with Gasteiger partial charge in [0, 0.05) is 49.0 Å². The maximum Gasteiger partial charge on any atom is 0.235 e. The largest absolute Gasteiger partial charge is 0.356 e. The second-order valence-electron chi connectivity index (χ2n) is 6.88. The lowest BCUT2D eigenvalue weighted by Gasteiger charge is -2.32. The van der Waals surface area contributed by atoms with Crippen LogP contribution in [0.2, 0.25) is 0 Å². The molecule has 0 unspecified atom stereocenters. The van der Waals surface area contributed by atoms with Gasteiger partial charge in [-0.15, -0.1) is 0 Å². The highest BCUT2D eigenvalue weighted by molar-refractivity contribution is 7.98. The van der Waals surface area contributed by atoms with E-state index in [1.54, 1.807) is 30.6 Å². The van der Waals surface area contributed by atoms with Crippen LogP contribution in [0.5, 0.6) is 0 Å². The molecule has 2 aliphatic heterocycles. The van der Waals surface area contributed by atoms with Crippen molar-refractivity contribution in [2.24, 2.45) is 5.92 Å². The molecule has 2 aliphatic rings. The molecule has 0 aromatic carbocycles. The second kappa shape index (κ2) is 7.27. The molecule has 1 fully saturated rings. The molecule has 0 aliphatic carbocycles. The molecule has 3 aromatic rings. The Morgan fingerprint density at radius 2 is 2.07 bits per heavy atom. The standard InChI is InChI=1S/C18H19N7O2S/c26-17(22-18-13-8-28-9-14(13)23-27-18)12-1-4-24(5-2-12)15-7-16(21-10-20-15)25-6-3-19-11-25/h3,6-7,10-12H,1-2,4-5,8-9H2,(H,22,26).